The molecule has 1 aromatic carbocycles. The second kappa shape index (κ2) is 5.33. The minimum absolute atomic E-state index is 0.206. The van der Waals surface area contributed by atoms with Gasteiger partial charge in [0.1, 0.15) is 0 Å². The summed E-state index contributed by atoms with van der Waals surface area (Å²) in [5.41, 5.74) is 1.35. The maximum Gasteiger partial charge on any atom is 0.0445 e. The molecule has 1 aliphatic heterocycles. The lowest BCUT2D eigenvalue weighted by Gasteiger charge is -2.44. The highest BCUT2D eigenvalue weighted by Crippen LogP contribution is 2.38. The van der Waals surface area contributed by atoms with Gasteiger partial charge < -0.3 is 9.90 Å². The number of piperidine rings is 1. The van der Waals surface area contributed by atoms with Gasteiger partial charge in [-0.05, 0) is 42.6 Å². The molecule has 1 heterocycles. The highest BCUT2D eigenvalue weighted by molar-refractivity contribution is 5.67. The van der Waals surface area contributed by atoms with Crippen LogP contribution in [0.25, 0.3) is 0 Å². The Balaban J connectivity index is 1.62. The van der Waals surface area contributed by atoms with Gasteiger partial charge in [-0.15, -0.1) is 0 Å². The van der Waals surface area contributed by atoms with Crippen LogP contribution in [0, 0.1) is 17.8 Å². The lowest BCUT2D eigenvalue weighted by Crippen LogP contribution is -2.47. The number of fused-ring (bicyclic) bond motifs is 2. The molecule has 1 saturated carbocycles. The third-order valence-corrected chi connectivity index (χ3v) is 4.52. The number of likely N-dealkylation sites (tertiary alicyclic amines) is 1. The van der Waals surface area contributed by atoms with Crippen LogP contribution in [-0.4, -0.2) is 24.0 Å². The predicted molar refractivity (Wildman–Crippen MR) is 71.0 cm³/mol. The smallest absolute Gasteiger partial charge is 0.0445 e. The normalized spacial score (nSPS) is 31.1. The van der Waals surface area contributed by atoms with Gasteiger partial charge in [0.05, 0.1) is 0 Å². The van der Waals surface area contributed by atoms with Gasteiger partial charge in [-0.1, -0.05) is 30.3 Å². The zero-order valence-corrected chi connectivity index (χ0v) is 11.1. The first-order chi connectivity index (χ1) is 9.20. The van der Waals surface area contributed by atoms with Crippen molar-refractivity contribution in [2.75, 3.05) is 13.1 Å². The molecule has 2 fully saturated rings. The lowest BCUT2D eigenvalue weighted by molar-refractivity contribution is -0.313. The van der Waals surface area contributed by atoms with Crippen LogP contribution < -0.4 is 5.11 Å². The zero-order valence-electron chi connectivity index (χ0n) is 11.1. The Morgan fingerprint density at radius 3 is 2.32 bits per heavy atom. The number of aliphatic carboxylic acids is 1. The number of carboxylic acid groups (broad SMARTS) is 1. The van der Waals surface area contributed by atoms with Gasteiger partial charge in [-0.3, -0.25) is 4.90 Å². The molecule has 1 aliphatic carbocycles. The minimum atomic E-state index is -0.841. The highest BCUT2D eigenvalue weighted by atomic mass is 16.4. The van der Waals surface area contributed by atoms with Crippen molar-refractivity contribution in [2.24, 2.45) is 17.8 Å². The number of hydrogen-bond acceptors (Lipinski definition) is 3. The minimum Gasteiger partial charge on any atom is -0.550 e. The molecule has 102 valence electrons. The fraction of sp³-hybridized carbons (Fsp3) is 0.562. The molecule has 0 N–H and O–H groups in total. The van der Waals surface area contributed by atoms with Crippen LogP contribution in [0.15, 0.2) is 30.3 Å². The molecule has 19 heavy (non-hydrogen) atoms. The summed E-state index contributed by atoms with van der Waals surface area (Å²) in [6, 6.07) is 10.5. The fourth-order valence-electron chi connectivity index (χ4n) is 3.83. The molecule has 0 amide bonds. The molecular weight excluding hydrogens is 238 g/mol. The van der Waals surface area contributed by atoms with Crippen molar-refractivity contribution in [1.82, 2.24) is 4.90 Å². The van der Waals surface area contributed by atoms with E-state index in [0.717, 1.165) is 32.5 Å². The predicted octanol–water partition coefficient (Wildman–Crippen LogP) is 1.28. The Labute approximate surface area is 114 Å². The first kappa shape index (κ1) is 12.7. The largest absolute Gasteiger partial charge is 0.550 e. The highest BCUT2D eigenvalue weighted by Gasteiger charge is 2.35. The number of hydrogen-bond donors (Lipinski definition) is 0. The molecule has 3 rings (SSSR count). The topological polar surface area (TPSA) is 43.4 Å². The lowest BCUT2D eigenvalue weighted by atomic mass is 9.72. The molecule has 0 aromatic heterocycles. The third-order valence-electron chi connectivity index (χ3n) is 4.52. The van der Waals surface area contributed by atoms with E-state index in [1.165, 1.54) is 12.0 Å². The van der Waals surface area contributed by atoms with Crippen LogP contribution >= 0.6 is 0 Å². The van der Waals surface area contributed by atoms with Gasteiger partial charge in [0, 0.05) is 25.6 Å². The molecule has 3 heteroatoms. The Morgan fingerprint density at radius 1 is 1.11 bits per heavy atom. The monoisotopic (exact) mass is 258 g/mol. The van der Waals surface area contributed by atoms with E-state index in [1.54, 1.807) is 0 Å². The van der Waals surface area contributed by atoms with Gasteiger partial charge in [0.2, 0.25) is 0 Å². The average molecular weight is 258 g/mol. The first-order valence-electron chi connectivity index (χ1n) is 7.18. The standard InChI is InChI=1S/C16H21NO2/c18-16(19)15-7-13-6-14(8-15)11-17(10-13)9-12-4-2-1-3-5-12/h1-5,13-15H,6-11H2,(H,18,19)/p-1. The van der Waals surface area contributed by atoms with Crippen LogP contribution in [-0.2, 0) is 11.3 Å². The maximum atomic E-state index is 11.0. The van der Waals surface area contributed by atoms with E-state index >= 15 is 0 Å². The Hall–Kier alpha value is -1.35. The summed E-state index contributed by atoms with van der Waals surface area (Å²) < 4.78 is 0. The molecular formula is C16H20NO2-. The van der Waals surface area contributed by atoms with E-state index in [9.17, 15) is 9.90 Å². The molecule has 3 nitrogen and oxygen atoms in total. The number of benzene rings is 1. The van der Waals surface area contributed by atoms with E-state index in [4.69, 9.17) is 0 Å². The van der Waals surface area contributed by atoms with Crippen molar-refractivity contribution in [2.45, 2.75) is 25.8 Å². The number of carbonyl (C=O) groups is 1. The van der Waals surface area contributed by atoms with E-state index in [1.807, 2.05) is 6.07 Å². The molecule has 2 atom stereocenters. The summed E-state index contributed by atoms with van der Waals surface area (Å²) in [6.07, 6.45) is 2.82. The van der Waals surface area contributed by atoms with E-state index in [-0.39, 0.29) is 5.92 Å². The van der Waals surface area contributed by atoms with Crippen molar-refractivity contribution in [3.05, 3.63) is 35.9 Å². The maximum absolute atomic E-state index is 11.0. The SMILES string of the molecule is O=C([O-])C1CC2CC(C1)CN(Cc1ccccc1)C2. The molecule has 0 spiro atoms. The molecule has 2 bridgehead atoms. The van der Waals surface area contributed by atoms with Gasteiger partial charge in [-0.25, -0.2) is 0 Å². The molecule has 1 aromatic rings. The Bertz CT molecular complexity index is 431. The van der Waals surface area contributed by atoms with Crippen molar-refractivity contribution in [1.29, 1.82) is 0 Å². The second-order valence-corrected chi connectivity index (χ2v) is 6.13. The number of rotatable bonds is 3. The third kappa shape index (κ3) is 2.98. The summed E-state index contributed by atoms with van der Waals surface area (Å²) in [5.74, 6) is 0.0343. The van der Waals surface area contributed by atoms with Crippen molar-refractivity contribution >= 4 is 5.97 Å². The van der Waals surface area contributed by atoms with Crippen LogP contribution in [0.2, 0.25) is 0 Å². The number of carboxylic acids is 1. The fourth-order valence-corrected chi connectivity index (χ4v) is 3.83. The van der Waals surface area contributed by atoms with E-state index < -0.39 is 5.97 Å². The number of carbonyl (C=O) groups excluding carboxylic acids is 1. The van der Waals surface area contributed by atoms with Gasteiger partial charge in [0.15, 0.2) is 0 Å². The molecule has 0 radical (unpaired) electrons. The van der Waals surface area contributed by atoms with Gasteiger partial charge in [-0.2, -0.15) is 0 Å². The van der Waals surface area contributed by atoms with E-state index in [0.29, 0.717) is 11.8 Å². The zero-order chi connectivity index (χ0) is 13.2. The Kier molecular flexibility index (Phi) is 3.56. The average Bonchev–Trinajstić information content (AvgIpc) is 2.38. The molecule has 2 unspecified atom stereocenters. The summed E-state index contributed by atoms with van der Waals surface area (Å²) in [5, 5.41) is 11.0. The summed E-state index contributed by atoms with van der Waals surface area (Å²) in [7, 11) is 0. The van der Waals surface area contributed by atoms with Gasteiger partial charge >= 0.3 is 0 Å². The second-order valence-electron chi connectivity index (χ2n) is 6.13. The van der Waals surface area contributed by atoms with Gasteiger partial charge in [0.25, 0.3) is 0 Å². The van der Waals surface area contributed by atoms with Crippen LogP contribution in [0.4, 0.5) is 0 Å². The van der Waals surface area contributed by atoms with Crippen molar-refractivity contribution < 1.29 is 9.90 Å². The molecule has 2 aliphatic rings. The first-order valence-corrected chi connectivity index (χ1v) is 7.18. The van der Waals surface area contributed by atoms with Crippen LogP contribution in [0.3, 0.4) is 0 Å². The summed E-state index contributed by atoms with van der Waals surface area (Å²) in [6.45, 7) is 3.06. The molecule has 1 saturated heterocycles. The number of nitrogens with zero attached hydrogens (tertiary/aromatic N) is 1. The van der Waals surface area contributed by atoms with Crippen molar-refractivity contribution in [3.63, 3.8) is 0 Å². The van der Waals surface area contributed by atoms with Crippen LogP contribution in [0.1, 0.15) is 24.8 Å². The summed E-state index contributed by atoms with van der Waals surface area (Å²) >= 11 is 0. The van der Waals surface area contributed by atoms with E-state index in [2.05, 4.69) is 29.2 Å². The van der Waals surface area contributed by atoms with Crippen molar-refractivity contribution in [3.8, 4) is 0 Å². The van der Waals surface area contributed by atoms with Crippen LogP contribution in [0.5, 0.6) is 0 Å². The Morgan fingerprint density at radius 2 is 1.74 bits per heavy atom. The quantitative estimate of drug-likeness (QED) is 0.820. The summed E-state index contributed by atoms with van der Waals surface area (Å²) in [4.78, 5) is 13.5.